The average Bonchev–Trinajstić information content (AvgIpc) is 2.24. The van der Waals surface area contributed by atoms with E-state index in [0.717, 1.165) is 29.4 Å². The fraction of sp³-hybridized carbons (Fsp3) is 0.308. The quantitative estimate of drug-likeness (QED) is 0.526. The zero-order chi connectivity index (χ0) is 11.0. The molecule has 1 aromatic rings. The van der Waals surface area contributed by atoms with Crippen molar-refractivity contribution in [3.05, 3.63) is 47.5 Å². The van der Waals surface area contributed by atoms with E-state index < -0.39 is 0 Å². The van der Waals surface area contributed by atoms with Gasteiger partial charge in [-0.1, -0.05) is 38.1 Å². The monoisotopic (exact) mass is 190 g/mol. The molecule has 0 radical (unpaired) electrons. The predicted octanol–water partition coefficient (Wildman–Crippen LogP) is 3.56. The number of aldehydes is 1. The van der Waals surface area contributed by atoms with Crippen LogP contribution in [-0.4, -0.2) is 6.29 Å². The second-order valence-electron chi connectivity index (χ2n) is 2.75. The van der Waals surface area contributed by atoms with Crippen molar-refractivity contribution in [1.29, 1.82) is 0 Å². The highest BCUT2D eigenvalue weighted by atomic mass is 16.1. The van der Waals surface area contributed by atoms with Crippen molar-refractivity contribution >= 4 is 6.29 Å². The summed E-state index contributed by atoms with van der Waals surface area (Å²) in [5, 5.41) is 0. The molecule has 0 atom stereocenters. The summed E-state index contributed by atoms with van der Waals surface area (Å²) in [4.78, 5) is 10.6. The minimum Gasteiger partial charge on any atom is -0.298 e. The lowest BCUT2D eigenvalue weighted by Crippen LogP contribution is -1.93. The fourth-order valence-corrected chi connectivity index (χ4v) is 1.26. The van der Waals surface area contributed by atoms with Gasteiger partial charge >= 0.3 is 0 Å². The van der Waals surface area contributed by atoms with Gasteiger partial charge in [0.2, 0.25) is 0 Å². The van der Waals surface area contributed by atoms with Gasteiger partial charge in [0.1, 0.15) is 6.29 Å². The van der Waals surface area contributed by atoms with Crippen LogP contribution < -0.4 is 0 Å². The standard InChI is InChI=1S/C11H12O.C2H6/c1-3-5-11-9(2)6-4-7-10(11)8-12;1-2/h3-4,6-8H,1,5H2,2H3;1-2H3. The van der Waals surface area contributed by atoms with Gasteiger partial charge in [-0.05, 0) is 24.5 Å². The Morgan fingerprint density at radius 1 is 1.36 bits per heavy atom. The Morgan fingerprint density at radius 2 is 2.00 bits per heavy atom. The Labute approximate surface area is 86.5 Å². The van der Waals surface area contributed by atoms with Crippen LogP contribution in [-0.2, 0) is 6.42 Å². The molecule has 0 amide bonds. The number of hydrogen-bond donors (Lipinski definition) is 0. The van der Waals surface area contributed by atoms with Crippen LogP contribution in [0, 0.1) is 6.92 Å². The lowest BCUT2D eigenvalue weighted by Gasteiger charge is -2.04. The summed E-state index contributed by atoms with van der Waals surface area (Å²) in [7, 11) is 0. The summed E-state index contributed by atoms with van der Waals surface area (Å²) in [5.41, 5.74) is 3.01. The Morgan fingerprint density at radius 3 is 2.50 bits per heavy atom. The van der Waals surface area contributed by atoms with E-state index in [9.17, 15) is 4.79 Å². The molecule has 1 aromatic carbocycles. The van der Waals surface area contributed by atoms with Crippen LogP contribution in [0.15, 0.2) is 30.9 Å². The van der Waals surface area contributed by atoms with E-state index in [2.05, 4.69) is 6.58 Å². The van der Waals surface area contributed by atoms with Crippen molar-refractivity contribution in [3.63, 3.8) is 0 Å². The lowest BCUT2D eigenvalue weighted by molar-refractivity contribution is 0.112. The Balaban J connectivity index is 0.000000791. The van der Waals surface area contributed by atoms with Gasteiger partial charge in [-0.2, -0.15) is 0 Å². The molecule has 0 fully saturated rings. The summed E-state index contributed by atoms with van der Waals surface area (Å²) in [6, 6.07) is 5.73. The molecule has 0 unspecified atom stereocenters. The van der Waals surface area contributed by atoms with Gasteiger partial charge in [0.25, 0.3) is 0 Å². The number of allylic oxidation sites excluding steroid dienone is 1. The highest BCUT2D eigenvalue weighted by Gasteiger charge is 2.01. The zero-order valence-corrected chi connectivity index (χ0v) is 9.21. The second kappa shape index (κ2) is 7.07. The second-order valence-corrected chi connectivity index (χ2v) is 2.75. The van der Waals surface area contributed by atoms with Crippen molar-refractivity contribution in [2.75, 3.05) is 0 Å². The third-order valence-electron chi connectivity index (χ3n) is 1.92. The molecule has 0 bridgehead atoms. The molecular weight excluding hydrogens is 172 g/mol. The van der Waals surface area contributed by atoms with Crippen molar-refractivity contribution in [2.24, 2.45) is 0 Å². The van der Waals surface area contributed by atoms with E-state index in [1.807, 2.05) is 45.0 Å². The van der Waals surface area contributed by atoms with E-state index >= 15 is 0 Å². The molecule has 0 saturated heterocycles. The smallest absolute Gasteiger partial charge is 0.150 e. The minimum atomic E-state index is 0.765. The average molecular weight is 190 g/mol. The first kappa shape index (κ1) is 12.6. The summed E-state index contributed by atoms with van der Waals surface area (Å²) in [6.45, 7) is 9.66. The molecule has 76 valence electrons. The fourth-order valence-electron chi connectivity index (χ4n) is 1.26. The molecule has 1 nitrogen and oxygen atoms in total. The van der Waals surface area contributed by atoms with Gasteiger partial charge in [0.05, 0.1) is 0 Å². The van der Waals surface area contributed by atoms with Crippen molar-refractivity contribution in [3.8, 4) is 0 Å². The van der Waals surface area contributed by atoms with Crippen molar-refractivity contribution in [1.82, 2.24) is 0 Å². The molecule has 0 aliphatic rings. The maximum absolute atomic E-state index is 10.6. The van der Waals surface area contributed by atoms with Crippen LogP contribution in [0.4, 0.5) is 0 Å². The highest BCUT2D eigenvalue weighted by Crippen LogP contribution is 2.13. The molecule has 1 rings (SSSR count). The normalized spacial score (nSPS) is 8.50. The zero-order valence-electron chi connectivity index (χ0n) is 9.21. The Bertz CT molecular complexity index is 300. The van der Waals surface area contributed by atoms with Crippen LogP contribution >= 0.6 is 0 Å². The van der Waals surface area contributed by atoms with Gasteiger partial charge in [-0.3, -0.25) is 4.79 Å². The largest absolute Gasteiger partial charge is 0.298 e. The molecule has 14 heavy (non-hydrogen) atoms. The van der Waals surface area contributed by atoms with Crippen LogP contribution in [0.25, 0.3) is 0 Å². The summed E-state index contributed by atoms with van der Waals surface area (Å²) < 4.78 is 0. The highest BCUT2D eigenvalue weighted by molar-refractivity contribution is 5.78. The van der Waals surface area contributed by atoms with Crippen molar-refractivity contribution in [2.45, 2.75) is 27.2 Å². The van der Waals surface area contributed by atoms with Crippen LogP contribution in [0.5, 0.6) is 0 Å². The number of hydrogen-bond acceptors (Lipinski definition) is 1. The number of rotatable bonds is 3. The van der Waals surface area contributed by atoms with Gasteiger partial charge in [-0.15, -0.1) is 6.58 Å². The molecule has 0 aromatic heterocycles. The molecule has 0 aliphatic carbocycles. The molecule has 0 N–H and O–H groups in total. The SMILES string of the molecule is C=CCc1c(C)cccc1C=O.CC. The van der Waals surface area contributed by atoms with E-state index in [0.29, 0.717) is 0 Å². The number of benzene rings is 1. The maximum Gasteiger partial charge on any atom is 0.150 e. The molecule has 0 spiro atoms. The number of aryl methyl sites for hydroxylation is 1. The molecule has 1 heteroatoms. The minimum absolute atomic E-state index is 0.765. The summed E-state index contributed by atoms with van der Waals surface area (Å²) in [5.74, 6) is 0. The first-order chi connectivity index (χ1) is 6.79. The van der Waals surface area contributed by atoms with Crippen molar-refractivity contribution < 1.29 is 4.79 Å². The lowest BCUT2D eigenvalue weighted by atomic mass is 10.0. The van der Waals surface area contributed by atoms with Gasteiger partial charge in [0.15, 0.2) is 0 Å². The maximum atomic E-state index is 10.6. The number of carbonyl (C=O) groups is 1. The third kappa shape index (κ3) is 3.17. The first-order valence-corrected chi connectivity index (χ1v) is 4.94. The van der Waals surface area contributed by atoms with Gasteiger partial charge in [-0.25, -0.2) is 0 Å². The van der Waals surface area contributed by atoms with E-state index in [1.165, 1.54) is 0 Å². The summed E-state index contributed by atoms with van der Waals surface area (Å²) in [6.07, 6.45) is 3.47. The van der Waals surface area contributed by atoms with Crippen LogP contribution in [0.3, 0.4) is 0 Å². The topological polar surface area (TPSA) is 17.1 Å². The van der Waals surface area contributed by atoms with Gasteiger partial charge < -0.3 is 0 Å². The Hall–Kier alpha value is -1.37. The molecular formula is C13H18O. The predicted molar refractivity (Wildman–Crippen MR) is 61.8 cm³/mol. The van der Waals surface area contributed by atoms with Crippen LogP contribution in [0.1, 0.15) is 35.3 Å². The van der Waals surface area contributed by atoms with Gasteiger partial charge in [0, 0.05) is 5.56 Å². The molecule has 0 aliphatic heterocycles. The first-order valence-electron chi connectivity index (χ1n) is 4.94. The molecule has 0 heterocycles. The van der Waals surface area contributed by atoms with E-state index in [-0.39, 0.29) is 0 Å². The third-order valence-corrected chi connectivity index (χ3v) is 1.92. The number of carbonyl (C=O) groups excluding carboxylic acids is 1. The van der Waals surface area contributed by atoms with E-state index in [1.54, 1.807) is 0 Å². The summed E-state index contributed by atoms with van der Waals surface area (Å²) >= 11 is 0. The van der Waals surface area contributed by atoms with Crippen LogP contribution in [0.2, 0.25) is 0 Å². The Kier molecular flexibility index (Phi) is 6.38. The molecule has 0 saturated carbocycles. The van der Waals surface area contributed by atoms with E-state index in [4.69, 9.17) is 0 Å².